The summed E-state index contributed by atoms with van der Waals surface area (Å²) < 4.78 is 22.9. The van der Waals surface area contributed by atoms with Gasteiger partial charge in [0.1, 0.15) is 0 Å². The molecule has 0 spiro atoms. The van der Waals surface area contributed by atoms with E-state index in [1.807, 2.05) is 0 Å². The summed E-state index contributed by atoms with van der Waals surface area (Å²) in [5, 5.41) is 7.83. The number of aryl methyl sites for hydroxylation is 1. The van der Waals surface area contributed by atoms with Crippen LogP contribution < -0.4 is 10.5 Å². The lowest BCUT2D eigenvalue weighted by Gasteiger charge is -2.11. The number of amides is 2. The molecule has 0 unspecified atom stereocenters. The van der Waals surface area contributed by atoms with Crippen LogP contribution in [0.1, 0.15) is 21.5 Å². The van der Waals surface area contributed by atoms with E-state index < -0.39 is 15.9 Å². The number of carbonyl (C=O) groups is 2. The van der Waals surface area contributed by atoms with Crippen molar-refractivity contribution in [1.82, 2.24) is 4.90 Å². The Labute approximate surface area is 152 Å². The second-order valence-electron chi connectivity index (χ2n) is 6.14. The Bertz CT molecular complexity index is 935. The van der Waals surface area contributed by atoms with Crippen molar-refractivity contribution in [3.63, 3.8) is 0 Å². The summed E-state index contributed by atoms with van der Waals surface area (Å²) in [5.41, 5.74) is 2.22. The minimum absolute atomic E-state index is 0.0165. The maximum atomic E-state index is 12.5. The highest BCUT2D eigenvalue weighted by atomic mass is 32.2. The summed E-state index contributed by atoms with van der Waals surface area (Å²) in [6, 6.07) is 11.0. The largest absolute Gasteiger partial charge is 0.349 e. The maximum Gasteiger partial charge on any atom is 0.255 e. The summed E-state index contributed by atoms with van der Waals surface area (Å²) in [6.07, 6.45) is 0.275. The second kappa shape index (κ2) is 7.67. The van der Waals surface area contributed by atoms with E-state index in [2.05, 4.69) is 5.32 Å². The summed E-state index contributed by atoms with van der Waals surface area (Å²) in [5.74, 6) is -0.456. The number of sulfonamides is 1. The fraction of sp³-hybridized carbons (Fsp3) is 0.222. The van der Waals surface area contributed by atoms with Gasteiger partial charge in [0, 0.05) is 25.3 Å². The lowest BCUT2D eigenvalue weighted by atomic mass is 10.1. The summed E-state index contributed by atoms with van der Waals surface area (Å²) >= 11 is 0. The summed E-state index contributed by atoms with van der Waals surface area (Å²) in [7, 11) is -0.510. The zero-order valence-electron chi connectivity index (χ0n) is 14.8. The molecular formula is C18H21N3O4S. The van der Waals surface area contributed by atoms with Crippen LogP contribution in [0.25, 0.3) is 0 Å². The van der Waals surface area contributed by atoms with Gasteiger partial charge in [-0.25, -0.2) is 13.6 Å². The molecule has 0 fully saturated rings. The average Bonchev–Trinajstić information content (AvgIpc) is 2.55. The monoisotopic (exact) mass is 375 g/mol. The van der Waals surface area contributed by atoms with Crippen molar-refractivity contribution >= 4 is 27.5 Å². The molecule has 8 heteroatoms. The van der Waals surface area contributed by atoms with Crippen molar-refractivity contribution < 1.29 is 18.0 Å². The minimum Gasteiger partial charge on any atom is -0.349 e. The van der Waals surface area contributed by atoms with Crippen LogP contribution in [0.2, 0.25) is 0 Å². The van der Waals surface area contributed by atoms with Gasteiger partial charge in [0.05, 0.1) is 11.3 Å². The third kappa shape index (κ3) is 4.90. The minimum atomic E-state index is -3.89. The van der Waals surface area contributed by atoms with Crippen LogP contribution in [0.3, 0.4) is 0 Å². The third-order valence-electron chi connectivity index (χ3n) is 3.85. The van der Waals surface area contributed by atoms with E-state index in [9.17, 15) is 18.0 Å². The van der Waals surface area contributed by atoms with Gasteiger partial charge in [0.2, 0.25) is 15.9 Å². The summed E-state index contributed by atoms with van der Waals surface area (Å²) in [4.78, 5) is 25.6. The first kappa shape index (κ1) is 19.6. The number of carbonyl (C=O) groups excluding carboxylic acids is 2. The number of nitrogens with zero attached hydrogens (tertiary/aromatic N) is 1. The smallest absolute Gasteiger partial charge is 0.255 e. The van der Waals surface area contributed by atoms with E-state index in [1.165, 1.54) is 23.1 Å². The molecule has 2 rings (SSSR count). The standard InChI is InChI=1S/C18H21N3O4S/c1-12-4-9-15(26(19,24)25)11-16(12)18(23)20-14-7-5-13(6-8-14)10-17(22)21(2)3/h4-9,11H,10H2,1-3H3,(H,20,23)(H2,19,24,25). The molecule has 2 amide bonds. The SMILES string of the molecule is Cc1ccc(S(N)(=O)=O)cc1C(=O)Nc1ccc(CC(=O)N(C)C)cc1. The van der Waals surface area contributed by atoms with Crippen LogP contribution in [0.15, 0.2) is 47.4 Å². The number of likely N-dealkylation sites (N-methyl/N-ethyl adjacent to an activating group) is 1. The van der Waals surface area contributed by atoms with Gasteiger partial charge in [0.15, 0.2) is 0 Å². The fourth-order valence-corrected chi connectivity index (χ4v) is 2.80. The van der Waals surface area contributed by atoms with Gasteiger partial charge in [-0.2, -0.15) is 0 Å². The van der Waals surface area contributed by atoms with E-state index in [1.54, 1.807) is 45.3 Å². The van der Waals surface area contributed by atoms with Crippen molar-refractivity contribution in [2.75, 3.05) is 19.4 Å². The van der Waals surface area contributed by atoms with Gasteiger partial charge in [0.25, 0.3) is 5.91 Å². The maximum absolute atomic E-state index is 12.5. The van der Waals surface area contributed by atoms with Gasteiger partial charge in [-0.3, -0.25) is 9.59 Å². The molecule has 0 aromatic heterocycles. The van der Waals surface area contributed by atoms with Gasteiger partial charge >= 0.3 is 0 Å². The Balaban J connectivity index is 2.16. The van der Waals surface area contributed by atoms with Crippen molar-refractivity contribution in [2.45, 2.75) is 18.2 Å². The molecule has 0 aliphatic rings. The number of rotatable bonds is 5. The van der Waals surface area contributed by atoms with Crippen molar-refractivity contribution in [3.8, 4) is 0 Å². The molecule has 0 atom stereocenters. The molecule has 0 saturated carbocycles. The van der Waals surface area contributed by atoms with Gasteiger partial charge in [-0.1, -0.05) is 18.2 Å². The van der Waals surface area contributed by atoms with Crippen molar-refractivity contribution in [1.29, 1.82) is 0 Å². The van der Waals surface area contributed by atoms with Crippen LogP contribution >= 0.6 is 0 Å². The Hall–Kier alpha value is -2.71. The molecule has 2 aromatic rings. The lowest BCUT2D eigenvalue weighted by molar-refractivity contribution is -0.127. The molecule has 0 aliphatic carbocycles. The average molecular weight is 375 g/mol. The van der Waals surface area contributed by atoms with Crippen LogP contribution in [-0.4, -0.2) is 39.2 Å². The second-order valence-corrected chi connectivity index (χ2v) is 7.70. The number of nitrogens with one attached hydrogen (secondary N) is 1. The number of hydrogen-bond acceptors (Lipinski definition) is 4. The van der Waals surface area contributed by atoms with E-state index >= 15 is 0 Å². The van der Waals surface area contributed by atoms with Gasteiger partial charge in [-0.15, -0.1) is 0 Å². The molecule has 0 bridgehead atoms. The molecule has 138 valence electrons. The fourth-order valence-electron chi connectivity index (χ4n) is 2.26. The van der Waals surface area contributed by atoms with Crippen LogP contribution in [0.4, 0.5) is 5.69 Å². The number of benzene rings is 2. The number of anilines is 1. The molecule has 2 aromatic carbocycles. The van der Waals surface area contributed by atoms with E-state index in [4.69, 9.17) is 5.14 Å². The first-order valence-corrected chi connectivity index (χ1v) is 9.36. The molecule has 0 heterocycles. The molecule has 26 heavy (non-hydrogen) atoms. The predicted molar refractivity (Wildman–Crippen MR) is 99.3 cm³/mol. The molecule has 0 saturated heterocycles. The Morgan fingerprint density at radius 2 is 1.69 bits per heavy atom. The van der Waals surface area contributed by atoms with E-state index in [0.29, 0.717) is 11.3 Å². The molecule has 0 radical (unpaired) electrons. The van der Waals surface area contributed by atoms with E-state index in [0.717, 1.165) is 5.56 Å². The number of hydrogen-bond donors (Lipinski definition) is 2. The normalized spacial score (nSPS) is 11.1. The number of primary sulfonamides is 1. The topological polar surface area (TPSA) is 110 Å². The molecule has 3 N–H and O–H groups in total. The van der Waals surface area contributed by atoms with Crippen LogP contribution in [-0.2, 0) is 21.2 Å². The quantitative estimate of drug-likeness (QED) is 0.826. The first-order valence-electron chi connectivity index (χ1n) is 7.82. The third-order valence-corrected chi connectivity index (χ3v) is 4.76. The Morgan fingerprint density at radius 1 is 1.08 bits per heavy atom. The predicted octanol–water partition coefficient (Wildman–Crippen LogP) is 1.53. The molecular weight excluding hydrogens is 354 g/mol. The van der Waals surface area contributed by atoms with Crippen molar-refractivity contribution in [2.24, 2.45) is 5.14 Å². The highest BCUT2D eigenvalue weighted by Gasteiger charge is 2.15. The number of nitrogens with two attached hydrogens (primary N) is 1. The zero-order valence-corrected chi connectivity index (χ0v) is 15.6. The highest BCUT2D eigenvalue weighted by molar-refractivity contribution is 7.89. The van der Waals surface area contributed by atoms with Crippen LogP contribution in [0, 0.1) is 6.92 Å². The molecule has 7 nitrogen and oxygen atoms in total. The Kier molecular flexibility index (Phi) is 5.79. The highest BCUT2D eigenvalue weighted by Crippen LogP contribution is 2.17. The Morgan fingerprint density at radius 3 is 2.23 bits per heavy atom. The zero-order chi connectivity index (χ0) is 19.5. The van der Waals surface area contributed by atoms with Crippen LogP contribution in [0.5, 0.6) is 0 Å². The van der Waals surface area contributed by atoms with E-state index in [-0.39, 0.29) is 22.8 Å². The first-order chi connectivity index (χ1) is 12.1. The van der Waals surface area contributed by atoms with Gasteiger partial charge < -0.3 is 10.2 Å². The summed E-state index contributed by atoms with van der Waals surface area (Å²) in [6.45, 7) is 1.71. The molecule has 0 aliphatic heterocycles. The van der Waals surface area contributed by atoms with Crippen molar-refractivity contribution in [3.05, 3.63) is 59.2 Å². The lowest BCUT2D eigenvalue weighted by Crippen LogP contribution is -2.23. The van der Waals surface area contributed by atoms with Gasteiger partial charge in [-0.05, 0) is 42.3 Å².